The second-order valence-corrected chi connectivity index (χ2v) is 6.10. The highest BCUT2D eigenvalue weighted by atomic mass is 32.1. The smallest absolute Gasteiger partial charge is 0.186 e. The van der Waals surface area contributed by atoms with E-state index in [9.17, 15) is 4.79 Å². The number of aromatic nitrogens is 1. The molecule has 1 aliphatic carbocycles. The molecule has 1 aromatic rings. The largest absolute Gasteiger partial charge is 0.348 e. The van der Waals surface area contributed by atoms with Crippen molar-refractivity contribution in [3.05, 3.63) is 10.6 Å². The fraction of sp³-hybridized carbons (Fsp3) is 0.692. The number of carbonyl (C=O) groups excluding carboxylic acids is 1. The number of carbonyl (C=O) groups is 1. The van der Waals surface area contributed by atoms with Gasteiger partial charge in [0.05, 0.1) is 10.6 Å². The van der Waals surface area contributed by atoms with Gasteiger partial charge in [0.25, 0.3) is 0 Å². The van der Waals surface area contributed by atoms with Crippen LogP contribution in [0.1, 0.15) is 48.0 Å². The van der Waals surface area contributed by atoms with Gasteiger partial charge in [-0.15, -0.1) is 0 Å². The molecule has 2 rings (SSSR count). The fourth-order valence-corrected chi connectivity index (χ4v) is 3.35. The predicted octanol–water partition coefficient (Wildman–Crippen LogP) is 3.28. The van der Waals surface area contributed by atoms with Crippen LogP contribution in [0.2, 0.25) is 0 Å². The van der Waals surface area contributed by atoms with Gasteiger partial charge in [0.1, 0.15) is 0 Å². The lowest BCUT2D eigenvalue weighted by molar-refractivity contribution is 0.112. The van der Waals surface area contributed by atoms with Gasteiger partial charge in [0.15, 0.2) is 11.4 Å². The van der Waals surface area contributed by atoms with Crippen LogP contribution in [0.25, 0.3) is 0 Å². The van der Waals surface area contributed by atoms with E-state index in [0.29, 0.717) is 6.04 Å². The first-order chi connectivity index (χ1) is 8.11. The third-order valence-electron chi connectivity index (χ3n) is 3.76. The molecule has 0 atom stereocenters. The topological polar surface area (TPSA) is 33.2 Å². The standard InChI is InChI=1S/C13H20N2OS/c1-9-4-6-11(7-5-9)15(3)13-14-10(2)12(8-16)17-13/h8-9,11H,4-7H2,1-3H3. The van der Waals surface area contributed by atoms with Crippen LogP contribution in [-0.4, -0.2) is 24.4 Å². The summed E-state index contributed by atoms with van der Waals surface area (Å²) in [6.45, 7) is 4.23. The normalized spacial score (nSPS) is 24.6. The molecule has 1 aromatic heterocycles. The number of nitrogens with zero attached hydrogens (tertiary/aromatic N) is 2. The molecule has 0 bridgehead atoms. The number of thiazole rings is 1. The van der Waals surface area contributed by atoms with E-state index in [1.807, 2.05) is 6.92 Å². The Morgan fingerprint density at radius 2 is 2.00 bits per heavy atom. The number of hydrogen-bond donors (Lipinski definition) is 0. The van der Waals surface area contributed by atoms with Crippen molar-refractivity contribution in [2.24, 2.45) is 5.92 Å². The molecule has 1 aliphatic rings. The molecule has 0 unspecified atom stereocenters. The van der Waals surface area contributed by atoms with Gasteiger partial charge < -0.3 is 4.90 Å². The molecule has 3 nitrogen and oxygen atoms in total. The average Bonchev–Trinajstić information content (AvgIpc) is 2.70. The molecule has 1 heterocycles. The van der Waals surface area contributed by atoms with E-state index in [-0.39, 0.29) is 0 Å². The maximum absolute atomic E-state index is 10.8. The molecule has 4 heteroatoms. The lowest BCUT2D eigenvalue weighted by Crippen LogP contribution is -2.34. The van der Waals surface area contributed by atoms with E-state index in [4.69, 9.17) is 0 Å². The summed E-state index contributed by atoms with van der Waals surface area (Å²) in [6, 6.07) is 0.594. The number of anilines is 1. The molecule has 0 N–H and O–H groups in total. The first kappa shape index (κ1) is 12.6. The van der Waals surface area contributed by atoms with Crippen LogP contribution < -0.4 is 4.90 Å². The van der Waals surface area contributed by atoms with Crippen molar-refractivity contribution in [3.8, 4) is 0 Å². The highest BCUT2D eigenvalue weighted by Crippen LogP contribution is 2.31. The highest BCUT2D eigenvalue weighted by Gasteiger charge is 2.23. The van der Waals surface area contributed by atoms with Crippen molar-refractivity contribution in [3.63, 3.8) is 0 Å². The van der Waals surface area contributed by atoms with Gasteiger partial charge in [-0.2, -0.15) is 0 Å². The van der Waals surface area contributed by atoms with Gasteiger partial charge in [0.2, 0.25) is 0 Å². The van der Waals surface area contributed by atoms with E-state index in [1.54, 1.807) is 0 Å². The van der Waals surface area contributed by atoms with Gasteiger partial charge in [-0.3, -0.25) is 4.79 Å². The van der Waals surface area contributed by atoms with Crippen LogP contribution in [0.5, 0.6) is 0 Å². The zero-order chi connectivity index (χ0) is 12.4. The molecule has 0 saturated heterocycles. The quantitative estimate of drug-likeness (QED) is 0.774. The molecule has 17 heavy (non-hydrogen) atoms. The summed E-state index contributed by atoms with van der Waals surface area (Å²) in [4.78, 5) is 18.3. The Labute approximate surface area is 107 Å². The SMILES string of the molecule is Cc1nc(N(C)C2CCC(C)CC2)sc1C=O. The van der Waals surface area contributed by atoms with E-state index in [2.05, 4.69) is 23.9 Å². The first-order valence-corrected chi connectivity index (χ1v) is 7.09. The Morgan fingerprint density at radius 1 is 1.35 bits per heavy atom. The third-order valence-corrected chi connectivity index (χ3v) is 4.94. The molecule has 0 spiro atoms. The minimum absolute atomic E-state index is 0.594. The van der Waals surface area contributed by atoms with Crippen molar-refractivity contribution in [1.29, 1.82) is 0 Å². The first-order valence-electron chi connectivity index (χ1n) is 6.27. The predicted molar refractivity (Wildman–Crippen MR) is 72.1 cm³/mol. The van der Waals surface area contributed by atoms with Gasteiger partial charge in [0, 0.05) is 13.1 Å². The lowest BCUT2D eigenvalue weighted by atomic mass is 9.87. The molecule has 0 amide bonds. The minimum atomic E-state index is 0.594. The Bertz CT molecular complexity index is 394. The van der Waals surface area contributed by atoms with E-state index in [1.165, 1.54) is 37.0 Å². The number of hydrogen-bond acceptors (Lipinski definition) is 4. The average molecular weight is 252 g/mol. The molecular weight excluding hydrogens is 232 g/mol. The van der Waals surface area contributed by atoms with E-state index < -0.39 is 0 Å². The molecule has 1 fully saturated rings. The van der Waals surface area contributed by atoms with Crippen LogP contribution in [0.3, 0.4) is 0 Å². The summed E-state index contributed by atoms with van der Waals surface area (Å²) >= 11 is 1.51. The molecule has 94 valence electrons. The van der Waals surface area contributed by atoms with E-state index in [0.717, 1.165) is 27.9 Å². The van der Waals surface area contributed by atoms with Crippen molar-refractivity contribution < 1.29 is 4.79 Å². The number of aldehydes is 1. The van der Waals surface area contributed by atoms with Gasteiger partial charge in [-0.25, -0.2) is 4.98 Å². The summed E-state index contributed by atoms with van der Waals surface area (Å²) in [5.41, 5.74) is 0.857. The Morgan fingerprint density at radius 3 is 2.53 bits per heavy atom. The van der Waals surface area contributed by atoms with Gasteiger partial charge in [-0.1, -0.05) is 18.3 Å². The maximum Gasteiger partial charge on any atom is 0.186 e. The van der Waals surface area contributed by atoms with E-state index >= 15 is 0 Å². The highest BCUT2D eigenvalue weighted by molar-refractivity contribution is 7.17. The summed E-state index contributed by atoms with van der Waals surface area (Å²) < 4.78 is 0. The second kappa shape index (κ2) is 5.17. The van der Waals surface area contributed by atoms with Crippen LogP contribution in [0, 0.1) is 12.8 Å². The molecular formula is C13H20N2OS. The molecule has 0 aliphatic heterocycles. The minimum Gasteiger partial charge on any atom is -0.348 e. The monoisotopic (exact) mass is 252 g/mol. The fourth-order valence-electron chi connectivity index (χ4n) is 2.44. The number of rotatable bonds is 3. The summed E-state index contributed by atoms with van der Waals surface area (Å²) in [5, 5.41) is 0.990. The zero-order valence-corrected chi connectivity index (χ0v) is 11.6. The third kappa shape index (κ3) is 2.68. The molecule has 1 saturated carbocycles. The Hall–Kier alpha value is -0.900. The van der Waals surface area contributed by atoms with Crippen molar-refractivity contribution in [2.75, 3.05) is 11.9 Å². The van der Waals surface area contributed by atoms with Crippen LogP contribution in [-0.2, 0) is 0 Å². The van der Waals surface area contributed by atoms with Crippen LogP contribution in [0.15, 0.2) is 0 Å². The van der Waals surface area contributed by atoms with Crippen LogP contribution in [0.4, 0.5) is 5.13 Å². The second-order valence-electron chi connectivity index (χ2n) is 5.09. The zero-order valence-electron chi connectivity index (χ0n) is 10.8. The van der Waals surface area contributed by atoms with Gasteiger partial charge >= 0.3 is 0 Å². The van der Waals surface area contributed by atoms with Gasteiger partial charge in [-0.05, 0) is 38.5 Å². The maximum atomic E-state index is 10.8. The summed E-state index contributed by atoms with van der Waals surface area (Å²) in [7, 11) is 2.10. The summed E-state index contributed by atoms with van der Waals surface area (Å²) in [5.74, 6) is 0.864. The van der Waals surface area contributed by atoms with Crippen LogP contribution >= 0.6 is 11.3 Å². The Kier molecular flexibility index (Phi) is 3.82. The van der Waals surface area contributed by atoms with Crippen molar-refractivity contribution in [2.45, 2.75) is 45.6 Å². The lowest BCUT2D eigenvalue weighted by Gasteiger charge is -2.33. The summed E-state index contributed by atoms with van der Waals surface area (Å²) in [6.07, 6.45) is 6.01. The number of aryl methyl sites for hydroxylation is 1. The Balaban J connectivity index is 2.08. The van der Waals surface area contributed by atoms with Crippen molar-refractivity contribution in [1.82, 2.24) is 4.98 Å². The molecule has 0 radical (unpaired) electrons. The van der Waals surface area contributed by atoms with Crippen molar-refractivity contribution >= 4 is 22.8 Å². The molecule has 0 aromatic carbocycles.